The summed E-state index contributed by atoms with van der Waals surface area (Å²) in [4.78, 5) is 11.4. The summed E-state index contributed by atoms with van der Waals surface area (Å²) >= 11 is 0. The van der Waals surface area contributed by atoms with Crippen molar-refractivity contribution >= 4 is 6.09 Å². The lowest BCUT2D eigenvalue weighted by Crippen LogP contribution is -2.44. The smallest absolute Gasteiger partial charge is 0.408 e. The molecule has 0 aliphatic carbocycles. The lowest BCUT2D eigenvalue weighted by Gasteiger charge is -2.22. The second-order valence-corrected chi connectivity index (χ2v) is 4.80. The first-order chi connectivity index (χ1) is 7.42. The van der Waals surface area contributed by atoms with Crippen LogP contribution in [0, 0.1) is 11.3 Å². The highest BCUT2D eigenvalue weighted by Crippen LogP contribution is 2.16. The minimum Gasteiger partial charge on any atom is -0.444 e. The van der Waals surface area contributed by atoms with Crippen molar-refractivity contribution in [3.8, 4) is 6.07 Å². The summed E-state index contributed by atoms with van der Waals surface area (Å²) in [5.74, 6) is 0. The molecule has 1 fully saturated rings. The average molecular weight is 226 g/mol. The Morgan fingerprint density at radius 3 is 2.75 bits per heavy atom. The highest BCUT2D eigenvalue weighted by molar-refractivity contribution is 5.68. The van der Waals surface area contributed by atoms with E-state index in [2.05, 4.69) is 5.32 Å². The van der Waals surface area contributed by atoms with Gasteiger partial charge in [-0.3, -0.25) is 0 Å². The van der Waals surface area contributed by atoms with Crippen LogP contribution >= 0.6 is 0 Å². The van der Waals surface area contributed by atoms with Gasteiger partial charge in [0.15, 0.2) is 0 Å². The van der Waals surface area contributed by atoms with E-state index >= 15 is 0 Å². The minimum atomic E-state index is -0.627. The van der Waals surface area contributed by atoms with Crippen LogP contribution in [0.4, 0.5) is 4.79 Å². The topological polar surface area (TPSA) is 71.3 Å². The lowest BCUT2D eigenvalue weighted by molar-refractivity contribution is 0.0421. The maximum Gasteiger partial charge on any atom is 0.408 e. The van der Waals surface area contributed by atoms with Crippen molar-refractivity contribution in [2.75, 3.05) is 6.61 Å². The molecule has 5 nitrogen and oxygen atoms in total. The number of nitriles is 1. The fraction of sp³-hybridized carbons (Fsp3) is 0.818. The number of hydrogen-bond acceptors (Lipinski definition) is 4. The molecule has 1 aliphatic heterocycles. The molecule has 1 rings (SSSR count). The van der Waals surface area contributed by atoms with E-state index in [1.54, 1.807) is 20.8 Å². The Morgan fingerprint density at radius 1 is 1.62 bits per heavy atom. The summed E-state index contributed by atoms with van der Waals surface area (Å²) in [6.45, 7) is 5.99. The number of nitrogens with one attached hydrogen (secondary N) is 1. The Morgan fingerprint density at radius 2 is 2.31 bits per heavy atom. The van der Waals surface area contributed by atoms with Crippen LogP contribution in [0.25, 0.3) is 0 Å². The van der Waals surface area contributed by atoms with E-state index in [9.17, 15) is 4.79 Å². The van der Waals surface area contributed by atoms with Crippen molar-refractivity contribution in [3.63, 3.8) is 0 Å². The zero-order valence-corrected chi connectivity index (χ0v) is 9.95. The highest BCUT2D eigenvalue weighted by atomic mass is 16.6. The second-order valence-electron chi connectivity index (χ2n) is 4.80. The van der Waals surface area contributed by atoms with Crippen molar-refractivity contribution in [1.29, 1.82) is 5.26 Å². The molecular weight excluding hydrogens is 208 g/mol. The summed E-state index contributed by atoms with van der Waals surface area (Å²) in [5, 5.41) is 11.5. The third-order valence-electron chi connectivity index (χ3n) is 2.15. The molecule has 0 spiro atoms. The van der Waals surface area contributed by atoms with Crippen LogP contribution in [0.2, 0.25) is 0 Å². The monoisotopic (exact) mass is 226 g/mol. The molecule has 0 unspecified atom stereocenters. The lowest BCUT2D eigenvalue weighted by atomic mass is 10.1. The first-order valence-electron chi connectivity index (χ1n) is 5.43. The highest BCUT2D eigenvalue weighted by Gasteiger charge is 2.28. The van der Waals surface area contributed by atoms with Gasteiger partial charge in [0.1, 0.15) is 11.6 Å². The van der Waals surface area contributed by atoms with E-state index in [4.69, 9.17) is 14.7 Å². The molecule has 1 saturated heterocycles. The fourth-order valence-electron chi connectivity index (χ4n) is 1.51. The molecule has 90 valence electrons. The van der Waals surface area contributed by atoms with Gasteiger partial charge in [-0.05, 0) is 33.6 Å². The van der Waals surface area contributed by atoms with Crippen molar-refractivity contribution in [3.05, 3.63) is 0 Å². The van der Waals surface area contributed by atoms with Crippen LogP contribution in [0.1, 0.15) is 33.6 Å². The van der Waals surface area contributed by atoms with E-state index in [1.165, 1.54) is 0 Å². The Labute approximate surface area is 95.7 Å². The molecule has 1 heterocycles. The second kappa shape index (κ2) is 5.17. The quantitative estimate of drug-likeness (QED) is 0.776. The van der Waals surface area contributed by atoms with Crippen LogP contribution < -0.4 is 5.32 Å². The maximum atomic E-state index is 11.4. The van der Waals surface area contributed by atoms with Crippen molar-refractivity contribution < 1.29 is 14.3 Å². The van der Waals surface area contributed by atoms with Gasteiger partial charge in [0, 0.05) is 6.61 Å². The summed E-state index contributed by atoms with van der Waals surface area (Å²) in [6.07, 6.45) is 0.944. The number of alkyl carbamates (subject to hydrolysis) is 1. The van der Waals surface area contributed by atoms with Gasteiger partial charge >= 0.3 is 6.09 Å². The van der Waals surface area contributed by atoms with E-state index in [0.29, 0.717) is 6.61 Å². The number of carbonyl (C=O) groups excluding carboxylic acids is 1. The zero-order valence-electron chi connectivity index (χ0n) is 9.95. The van der Waals surface area contributed by atoms with Gasteiger partial charge in [0.05, 0.1) is 12.2 Å². The zero-order chi connectivity index (χ0) is 12.2. The van der Waals surface area contributed by atoms with Gasteiger partial charge in [-0.1, -0.05) is 0 Å². The van der Waals surface area contributed by atoms with Crippen molar-refractivity contribution in [1.82, 2.24) is 5.32 Å². The summed E-state index contributed by atoms with van der Waals surface area (Å²) < 4.78 is 10.4. The molecule has 0 bridgehead atoms. The molecule has 0 aromatic heterocycles. The van der Waals surface area contributed by atoms with E-state index < -0.39 is 17.7 Å². The van der Waals surface area contributed by atoms with E-state index in [-0.39, 0.29) is 6.10 Å². The minimum absolute atomic E-state index is 0.211. The summed E-state index contributed by atoms with van der Waals surface area (Å²) in [7, 11) is 0. The van der Waals surface area contributed by atoms with Crippen LogP contribution in [-0.4, -0.2) is 30.4 Å². The summed E-state index contributed by atoms with van der Waals surface area (Å²) in [5.41, 5.74) is -0.555. The van der Waals surface area contributed by atoms with Gasteiger partial charge in [-0.25, -0.2) is 4.79 Å². The molecular formula is C11H18N2O3. The average Bonchev–Trinajstić information content (AvgIpc) is 2.63. The number of rotatable bonds is 2. The normalized spacial score (nSPS) is 22.2. The van der Waals surface area contributed by atoms with Gasteiger partial charge < -0.3 is 14.8 Å². The van der Waals surface area contributed by atoms with Crippen molar-refractivity contribution in [2.45, 2.75) is 51.4 Å². The van der Waals surface area contributed by atoms with E-state index in [1.807, 2.05) is 6.07 Å². The number of amides is 1. The van der Waals surface area contributed by atoms with Crippen LogP contribution in [0.3, 0.4) is 0 Å². The Hall–Kier alpha value is -1.28. The Balaban J connectivity index is 2.44. The molecule has 16 heavy (non-hydrogen) atoms. The third kappa shape index (κ3) is 4.07. The molecule has 2 atom stereocenters. The van der Waals surface area contributed by atoms with Gasteiger partial charge in [-0.2, -0.15) is 5.26 Å². The maximum absolute atomic E-state index is 11.4. The van der Waals surface area contributed by atoms with Crippen LogP contribution in [0.15, 0.2) is 0 Å². The predicted octanol–water partition coefficient (Wildman–Crippen LogP) is 1.58. The van der Waals surface area contributed by atoms with Crippen molar-refractivity contribution in [2.24, 2.45) is 0 Å². The number of carbonyl (C=O) groups is 1. The van der Waals surface area contributed by atoms with Gasteiger partial charge in [0.2, 0.25) is 0 Å². The molecule has 0 radical (unpaired) electrons. The fourth-order valence-corrected chi connectivity index (χ4v) is 1.51. The first-order valence-corrected chi connectivity index (χ1v) is 5.43. The van der Waals surface area contributed by atoms with Crippen LogP contribution in [-0.2, 0) is 9.47 Å². The molecule has 5 heteroatoms. The Bertz CT molecular complexity index is 285. The standard InChI is InChI=1S/C11H18N2O3/c1-11(2,3)16-10(14)13-8(7-12)9-5-4-6-15-9/h8-9H,4-6H2,1-3H3,(H,13,14)/t8-,9+/m0/s1. The number of hydrogen-bond donors (Lipinski definition) is 1. The molecule has 1 amide bonds. The molecule has 1 N–H and O–H groups in total. The molecule has 0 saturated carbocycles. The SMILES string of the molecule is CC(C)(C)OC(=O)N[C@@H](C#N)[C@H]1CCCO1. The Kier molecular flexibility index (Phi) is 4.13. The molecule has 0 aromatic carbocycles. The van der Waals surface area contributed by atoms with Crippen LogP contribution in [0.5, 0.6) is 0 Å². The third-order valence-corrected chi connectivity index (χ3v) is 2.15. The largest absolute Gasteiger partial charge is 0.444 e. The number of ether oxygens (including phenoxy) is 2. The summed E-state index contributed by atoms with van der Waals surface area (Å²) in [6, 6.07) is 1.40. The van der Waals surface area contributed by atoms with Gasteiger partial charge in [0.25, 0.3) is 0 Å². The number of nitrogens with zero attached hydrogens (tertiary/aromatic N) is 1. The molecule has 1 aliphatic rings. The van der Waals surface area contributed by atoms with E-state index in [0.717, 1.165) is 12.8 Å². The van der Waals surface area contributed by atoms with Gasteiger partial charge in [-0.15, -0.1) is 0 Å². The predicted molar refractivity (Wildman–Crippen MR) is 57.7 cm³/mol. The first kappa shape index (κ1) is 12.8. The molecule has 0 aromatic rings.